The first-order chi connectivity index (χ1) is 16.2. The molecule has 0 radical (unpaired) electrons. The highest BCUT2D eigenvalue weighted by molar-refractivity contribution is 9.10. The summed E-state index contributed by atoms with van der Waals surface area (Å²) in [5.41, 5.74) is 2.25. The summed E-state index contributed by atoms with van der Waals surface area (Å²) in [6.45, 7) is 6.45. The van der Waals surface area contributed by atoms with Gasteiger partial charge in [-0.1, -0.05) is 19.4 Å². The molecule has 2 N–H and O–H groups in total. The number of aryl methyl sites for hydroxylation is 1. The van der Waals surface area contributed by atoms with Crippen molar-refractivity contribution in [1.29, 1.82) is 0 Å². The molecular formula is C25H31BrF2N2O4. The van der Waals surface area contributed by atoms with Gasteiger partial charge in [-0.05, 0) is 78.4 Å². The number of carbonyl (C=O) groups excluding carboxylic acids is 2. The van der Waals surface area contributed by atoms with Gasteiger partial charge in [-0.25, -0.2) is 8.78 Å². The van der Waals surface area contributed by atoms with Gasteiger partial charge < -0.3 is 20.1 Å². The Morgan fingerprint density at radius 3 is 2.50 bits per heavy atom. The van der Waals surface area contributed by atoms with E-state index in [0.717, 1.165) is 61.8 Å². The molecule has 2 aromatic carbocycles. The molecule has 0 spiro atoms. The molecule has 1 aliphatic heterocycles. The predicted octanol–water partition coefficient (Wildman–Crippen LogP) is 5.55. The third-order valence-electron chi connectivity index (χ3n) is 5.29. The zero-order valence-corrected chi connectivity index (χ0v) is 21.5. The predicted molar refractivity (Wildman–Crippen MR) is 131 cm³/mol. The Kier molecular flexibility index (Phi) is 10.8. The summed E-state index contributed by atoms with van der Waals surface area (Å²) < 4.78 is 38.9. The third kappa shape index (κ3) is 7.68. The fourth-order valence-electron chi connectivity index (χ4n) is 3.56. The van der Waals surface area contributed by atoms with E-state index in [1.54, 1.807) is 0 Å². The van der Waals surface area contributed by atoms with E-state index in [4.69, 9.17) is 4.74 Å². The van der Waals surface area contributed by atoms with Crippen LogP contribution >= 0.6 is 15.9 Å². The van der Waals surface area contributed by atoms with Crippen molar-refractivity contribution in [2.24, 2.45) is 0 Å². The number of hydrogen-bond acceptors (Lipinski definition) is 5. The third-order valence-corrected chi connectivity index (χ3v) is 5.91. The van der Waals surface area contributed by atoms with E-state index < -0.39 is 35.6 Å². The van der Waals surface area contributed by atoms with Gasteiger partial charge in [0.2, 0.25) is 0 Å². The molecule has 1 amide bonds. The SMILES string of the molecule is CCC[C@@H](C)Nc1cc(F)c(C(=O)NCC(=O)OC)c(F)c1.Cc1ccc(Br)c2c1CCCO2. The lowest BCUT2D eigenvalue weighted by Crippen LogP contribution is -2.31. The normalized spacial score (nSPS) is 12.9. The zero-order valence-electron chi connectivity index (χ0n) is 19.9. The summed E-state index contributed by atoms with van der Waals surface area (Å²) in [4.78, 5) is 22.6. The largest absolute Gasteiger partial charge is 0.492 e. The Morgan fingerprint density at radius 2 is 1.91 bits per heavy atom. The topological polar surface area (TPSA) is 76.7 Å². The van der Waals surface area contributed by atoms with Gasteiger partial charge in [0.15, 0.2) is 0 Å². The van der Waals surface area contributed by atoms with Gasteiger partial charge >= 0.3 is 5.97 Å². The number of ether oxygens (including phenoxy) is 2. The minimum absolute atomic E-state index is 0.0581. The number of hydrogen-bond donors (Lipinski definition) is 2. The molecule has 0 bridgehead atoms. The maximum Gasteiger partial charge on any atom is 0.325 e. The second-order valence-electron chi connectivity index (χ2n) is 8.03. The summed E-state index contributed by atoms with van der Waals surface area (Å²) in [6.07, 6.45) is 4.09. The molecule has 0 aromatic heterocycles. The summed E-state index contributed by atoms with van der Waals surface area (Å²) in [5.74, 6) is -2.64. The van der Waals surface area contributed by atoms with E-state index in [0.29, 0.717) is 0 Å². The molecule has 0 saturated carbocycles. The van der Waals surface area contributed by atoms with Gasteiger partial charge in [-0.15, -0.1) is 0 Å². The quantitative estimate of drug-likeness (QED) is 0.450. The van der Waals surface area contributed by atoms with Crippen molar-refractivity contribution in [2.75, 3.05) is 25.6 Å². The fourth-order valence-corrected chi connectivity index (χ4v) is 4.05. The first kappa shape index (κ1) is 27.6. The van der Waals surface area contributed by atoms with Crippen LogP contribution in [0.3, 0.4) is 0 Å². The van der Waals surface area contributed by atoms with Crippen LogP contribution in [-0.2, 0) is 16.0 Å². The number of methoxy groups -OCH3 is 1. The monoisotopic (exact) mass is 540 g/mol. The number of esters is 1. The summed E-state index contributed by atoms with van der Waals surface area (Å²) in [7, 11) is 1.15. The molecule has 34 heavy (non-hydrogen) atoms. The van der Waals surface area contributed by atoms with Gasteiger partial charge in [-0.2, -0.15) is 0 Å². The number of rotatable bonds is 7. The first-order valence-electron chi connectivity index (χ1n) is 11.2. The number of anilines is 1. The minimum Gasteiger partial charge on any atom is -0.492 e. The number of halogens is 3. The molecule has 9 heteroatoms. The lowest BCUT2D eigenvalue weighted by Gasteiger charge is -2.20. The molecule has 1 atom stereocenters. The Bertz CT molecular complexity index is 963. The Labute approximate surface area is 207 Å². The van der Waals surface area contributed by atoms with Crippen molar-refractivity contribution in [3.63, 3.8) is 0 Å². The molecule has 0 aliphatic carbocycles. The summed E-state index contributed by atoms with van der Waals surface area (Å²) >= 11 is 3.49. The lowest BCUT2D eigenvalue weighted by molar-refractivity contribution is -0.139. The smallest absolute Gasteiger partial charge is 0.325 e. The molecular weight excluding hydrogens is 510 g/mol. The van der Waals surface area contributed by atoms with E-state index in [1.165, 1.54) is 11.1 Å². The molecule has 186 valence electrons. The van der Waals surface area contributed by atoms with Crippen molar-refractivity contribution >= 4 is 33.5 Å². The summed E-state index contributed by atoms with van der Waals surface area (Å²) in [5, 5.41) is 5.06. The molecule has 0 fully saturated rings. The molecule has 0 unspecified atom stereocenters. The highest BCUT2D eigenvalue weighted by Gasteiger charge is 2.20. The molecule has 6 nitrogen and oxygen atoms in total. The van der Waals surface area contributed by atoms with Crippen LogP contribution in [0.25, 0.3) is 0 Å². The van der Waals surface area contributed by atoms with Crippen LogP contribution in [0.5, 0.6) is 5.75 Å². The fraction of sp³-hybridized carbons (Fsp3) is 0.440. The molecule has 0 saturated heterocycles. The lowest BCUT2D eigenvalue weighted by atomic mass is 10.0. The Morgan fingerprint density at radius 1 is 1.24 bits per heavy atom. The molecule has 2 aromatic rings. The average Bonchev–Trinajstić information content (AvgIpc) is 2.80. The van der Waals surface area contributed by atoms with Crippen molar-refractivity contribution in [1.82, 2.24) is 5.32 Å². The number of carbonyl (C=O) groups is 2. The van der Waals surface area contributed by atoms with Crippen LogP contribution in [0.1, 0.15) is 54.6 Å². The maximum atomic E-state index is 13.9. The average molecular weight is 541 g/mol. The van der Waals surface area contributed by atoms with E-state index in [-0.39, 0.29) is 11.7 Å². The zero-order chi connectivity index (χ0) is 25.3. The number of fused-ring (bicyclic) bond motifs is 1. The molecule has 3 rings (SSSR count). The van der Waals surface area contributed by atoms with Gasteiger partial charge in [0, 0.05) is 11.7 Å². The standard InChI is InChI=1S/C15H20F2N2O3.C10H11BrO/c1-4-5-9(2)19-10-6-11(16)14(12(17)7-10)15(21)18-8-13(20)22-3;1-7-4-5-9(11)10-8(7)3-2-6-12-10/h6-7,9,19H,4-5,8H2,1-3H3,(H,18,21);4-5H,2-3,6H2,1H3/t9-;/m1./s1. The van der Waals surface area contributed by atoms with Crippen molar-refractivity contribution in [3.05, 3.63) is 57.1 Å². The number of nitrogens with one attached hydrogen (secondary N) is 2. The molecule has 1 heterocycles. The van der Waals surface area contributed by atoms with Crippen LogP contribution in [0.4, 0.5) is 14.5 Å². The van der Waals surface area contributed by atoms with Crippen molar-refractivity contribution in [2.45, 2.75) is 52.5 Å². The van der Waals surface area contributed by atoms with Gasteiger partial charge in [-0.3, -0.25) is 9.59 Å². The van der Waals surface area contributed by atoms with Gasteiger partial charge in [0.25, 0.3) is 5.91 Å². The summed E-state index contributed by atoms with van der Waals surface area (Å²) in [6, 6.07) is 6.37. The van der Waals surface area contributed by atoms with E-state index in [1.807, 2.05) is 13.8 Å². The van der Waals surface area contributed by atoms with Crippen LogP contribution in [0.15, 0.2) is 28.7 Å². The van der Waals surface area contributed by atoms with Crippen LogP contribution in [0, 0.1) is 18.6 Å². The van der Waals surface area contributed by atoms with E-state index in [2.05, 4.69) is 50.4 Å². The van der Waals surface area contributed by atoms with Crippen LogP contribution in [-0.4, -0.2) is 38.2 Å². The van der Waals surface area contributed by atoms with E-state index >= 15 is 0 Å². The second kappa shape index (κ2) is 13.3. The van der Waals surface area contributed by atoms with E-state index in [9.17, 15) is 18.4 Å². The number of benzene rings is 2. The van der Waals surface area contributed by atoms with Gasteiger partial charge in [0.1, 0.15) is 29.5 Å². The Hall–Kier alpha value is -2.68. The first-order valence-corrected chi connectivity index (χ1v) is 12.0. The van der Waals surface area contributed by atoms with Crippen molar-refractivity contribution < 1.29 is 27.8 Å². The van der Waals surface area contributed by atoms with Gasteiger partial charge in [0.05, 0.1) is 18.2 Å². The van der Waals surface area contributed by atoms with Crippen molar-refractivity contribution in [3.8, 4) is 5.75 Å². The molecule has 1 aliphatic rings. The second-order valence-corrected chi connectivity index (χ2v) is 8.89. The van der Waals surface area contributed by atoms with Crippen LogP contribution < -0.4 is 15.4 Å². The van der Waals surface area contributed by atoms with Crippen LogP contribution in [0.2, 0.25) is 0 Å². The highest BCUT2D eigenvalue weighted by Crippen LogP contribution is 2.34. The maximum absolute atomic E-state index is 13.9. The Balaban J connectivity index is 0.000000283. The number of amides is 1. The minimum atomic E-state index is -1.01. The highest BCUT2D eigenvalue weighted by atomic mass is 79.9.